The molecule has 3 heterocycles. The lowest BCUT2D eigenvalue weighted by Crippen LogP contribution is -2.39. The number of cyclic esters (lactones) is 1. The average molecular weight is 361 g/mol. The maximum atomic E-state index is 13.0. The molecule has 1 aromatic carbocycles. The summed E-state index contributed by atoms with van der Waals surface area (Å²) in [4.78, 5) is 27.2. The molecule has 7 heteroatoms. The largest absolute Gasteiger partial charge is 0.492 e. The minimum Gasteiger partial charge on any atom is -0.492 e. The first-order valence-corrected chi connectivity index (χ1v) is 8.86. The topological polar surface area (TPSA) is 74.3 Å². The van der Waals surface area contributed by atoms with Gasteiger partial charge in [-0.25, -0.2) is 0 Å². The minimum atomic E-state index is -1.05. The van der Waals surface area contributed by atoms with E-state index in [1.54, 1.807) is 14.0 Å². The zero-order valence-electron chi connectivity index (χ0n) is 15.3. The highest BCUT2D eigenvalue weighted by atomic mass is 16.7. The molecule has 0 N–H and O–H groups in total. The van der Waals surface area contributed by atoms with Crippen LogP contribution in [-0.4, -0.2) is 50.8 Å². The van der Waals surface area contributed by atoms with Gasteiger partial charge < -0.3 is 18.9 Å². The zero-order chi connectivity index (χ0) is 18.5. The maximum Gasteiger partial charge on any atom is 0.319 e. The highest BCUT2D eigenvalue weighted by Crippen LogP contribution is 2.50. The number of hydrogen-bond donors (Lipinski definition) is 0. The van der Waals surface area contributed by atoms with Crippen molar-refractivity contribution in [2.24, 2.45) is 5.41 Å². The van der Waals surface area contributed by atoms with E-state index in [0.29, 0.717) is 30.3 Å². The third-order valence-corrected chi connectivity index (χ3v) is 5.83. The van der Waals surface area contributed by atoms with Gasteiger partial charge in [-0.05, 0) is 32.0 Å². The second kappa shape index (κ2) is 6.16. The van der Waals surface area contributed by atoms with Gasteiger partial charge in [0.2, 0.25) is 12.5 Å². The van der Waals surface area contributed by atoms with Gasteiger partial charge in [-0.2, -0.15) is 0 Å². The fraction of sp³-hybridized carbons (Fsp3) is 0.579. The van der Waals surface area contributed by atoms with Crippen LogP contribution in [0.1, 0.15) is 36.9 Å². The minimum absolute atomic E-state index is 0.0931. The molecule has 0 spiro atoms. The number of benzene rings is 1. The van der Waals surface area contributed by atoms with Gasteiger partial charge in [-0.3, -0.25) is 14.5 Å². The quantitative estimate of drug-likeness (QED) is 0.599. The van der Waals surface area contributed by atoms with Gasteiger partial charge in [0.15, 0.2) is 17.3 Å². The van der Waals surface area contributed by atoms with Crippen LogP contribution in [0.5, 0.6) is 17.2 Å². The van der Waals surface area contributed by atoms with E-state index >= 15 is 0 Å². The van der Waals surface area contributed by atoms with E-state index in [9.17, 15) is 9.59 Å². The highest BCUT2D eigenvalue weighted by Gasteiger charge is 2.48. The lowest BCUT2D eigenvalue weighted by atomic mass is 9.79. The molecular formula is C19H23NO6. The molecule has 0 radical (unpaired) electrons. The Hall–Kier alpha value is -2.28. The number of carbonyl (C=O) groups excluding carboxylic acids is 2. The van der Waals surface area contributed by atoms with Crippen molar-refractivity contribution in [3.05, 3.63) is 17.2 Å². The van der Waals surface area contributed by atoms with Crippen molar-refractivity contribution in [2.75, 3.05) is 34.1 Å². The van der Waals surface area contributed by atoms with Crippen molar-refractivity contribution in [1.82, 2.24) is 4.90 Å². The Morgan fingerprint density at radius 2 is 2.19 bits per heavy atom. The molecule has 0 aromatic heterocycles. The molecule has 3 aliphatic heterocycles. The SMILES string of the molecule is COc1c2c(cc3c1[C@H](CC(=O)[C@]1(C)CCOC1=O)N(C)CC3)OCO2. The summed E-state index contributed by atoms with van der Waals surface area (Å²) >= 11 is 0. The van der Waals surface area contributed by atoms with E-state index in [1.165, 1.54) is 0 Å². The van der Waals surface area contributed by atoms with E-state index in [2.05, 4.69) is 4.90 Å². The summed E-state index contributed by atoms with van der Waals surface area (Å²) in [7, 11) is 3.58. The number of ketones is 1. The van der Waals surface area contributed by atoms with Crippen molar-refractivity contribution in [2.45, 2.75) is 32.2 Å². The second-order valence-electron chi connectivity index (χ2n) is 7.31. The van der Waals surface area contributed by atoms with Crippen LogP contribution in [-0.2, 0) is 20.7 Å². The zero-order valence-corrected chi connectivity index (χ0v) is 15.3. The number of ether oxygens (including phenoxy) is 4. The Bertz CT molecular complexity index is 776. The van der Waals surface area contributed by atoms with Crippen LogP contribution < -0.4 is 14.2 Å². The van der Waals surface area contributed by atoms with E-state index in [4.69, 9.17) is 18.9 Å². The van der Waals surface area contributed by atoms with Gasteiger partial charge in [-0.1, -0.05) is 0 Å². The lowest BCUT2D eigenvalue weighted by Gasteiger charge is -2.36. The van der Waals surface area contributed by atoms with Crippen molar-refractivity contribution >= 4 is 11.8 Å². The lowest BCUT2D eigenvalue weighted by molar-refractivity contribution is -0.150. The monoisotopic (exact) mass is 361 g/mol. The summed E-state index contributed by atoms with van der Waals surface area (Å²) in [5, 5.41) is 0. The molecule has 0 saturated carbocycles. The molecule has 0 bridgehead atoms. The Kier molecular flexibility index (Phi) is 4.06. The number of esters is 1. The maximum absolute atomic E-state index is 13.0. The summed E-state index contributed by atoms with van der Waals surface area (Å²) in [6.45, 7) is 2.97. The third kappa shape index (κ3) is 2.45. The number of nitrogens with zero attached hydrogens (tertiary/aromatic N) is 1. The van der Waals surface area contributed by atoms with Crippen LogP contribution >= 0.6 is 0 Å². The van der Waals surface area contributed by atoms with E-state index in [-0.39, 0.29) is 25.0 Å². The Balaban J connectivity index is 1.72. The molecule has 7 nitrogen and oxygen atoms in total. The molecule has 140 valence electrons. The molecule has 0 unspecified atom stereocenters. The van der Waals surface area contributed by atoms with E-state index < -0.39 is 11.4 Å². The molecule has 3 aliphatic rings. The number of methoxy groups -OCH3 is 1. The Morgan fingerprint density at radius 3 is 2.88 bits per heavy atom. The van der Waals surface area contributed by atoms with Gasteiger partial charge in [0.05, 0.1) is 13.7 Å². The first kappa shape index (κ1) is 17.1. The molecular weight excluding hydrogens is 338 g/mol. The highest BCUT2D eigenvalue weighted by molar-refractivity contribution is 6.04. The van der Waals surface area contributed by atoms with Gasteiger partial charge in [0.1, 0.15) is 5.41 Å². The molecule has 4 rings (SSSR count). The third-order valence-electron chi connectivity index (χ3n) is 5.83. The second-order valence-corrected chi connectivity index (χ2v) is 7.31. The normalized spacial score (nSPS) is 27.2. The molecule has 1 fully saturated rings. The van der Waals surface area contributed by atoms with Crippen LogP contribution in [0, 0.1) is 5.41 Å². The molecule has 2 atom stereocenters. The first-order valence-electron chi connectivity index (χ1n) is 8.86. The smallest absolute Gasteiger partial charge is 0.319 e. The van der Waals surface area contributed by atoms with E-state index in [1.807, 2.05) is 13.1 Å². The summed E-state index contributed by atoms with van der Waals surface area (Å²) in [6, 6.07) is 1.80. The fourth-order valence-electron chi connectivity index (χ4n) is 4.05. The number of fused-ring (bicyclic) bond motifs is 2. The van der Waals surface area contributed by atoms with Crippen LogP contribution in [0.3, 0.4) is 0 Å². The predicted molar refractivity (Wildman–Crippen MR) is 91.5 cm³/mol. The first-order chi connectivity index (χ1) is 12.5. The van der Waals surface area contributed by atoms with Crippen molar-refractivity contribution in [3.63, 3.8) is 0 Å². The number of Topliss-reactive ketones (excluding diaryl/α,β-unsaturated/α-hetero) is 1. The number of rotatable bonds is 4. The number of likely N-dealkylation sites (N-methyl/N-ethyl adjacent to an activating group) is 1. The summed E-state index contributed by atoms with van der Waals surface area (Å²) in [6.07, 6.45) is 1.50. The molecule has 1 aromatic rings. The molecule has 1 saturated heterocycles. The van der Waals surface area contributed by atoms with Crippen molar-refractivity contribution < 1.29 is 28.5 Å². The van der Waals surface area contributed by atoms with E-state index in [0.717, 1.165) is 24.1 Å². The van der Waals surface area contributed by atoms with Crippen molar-refractivity contribution in [1.29, 1.82) is 0 Å². The summed E-state index contributed by atoms with van der Waals surface area (Å²) in [5.74, 6) is 1.38. The van der Waals surface area contributed by atoms with Gasteiger partial charge in [0.25, 0.3) is 0 Å². The summed E-state index contributed by atoms with van der Waals surface area (Å²) in [5.41, 5.74) is 0.997. The van der Waals surface area contributed by atoms with Crippen LogP contribution in [0.2, 0.25) is 0 Å². The Labute approximate surface area is 152 Å². The fourth-order valence-corrected chi connectivity index (χ4v) is 4.05. The number of carbonyl (C=O) groups is 2. The molecule has 0 aliphatic carbocycles. The van der Waals surface area contributed by atoms with Crippen LogP contribution in [0.25, 0.3) is 0 Å². The van der Waals surface area contributed by atoms with Gasteiger partial charge >= 0.3 is 5.97 Å². The predicted octanol–water partition coefficient (Wildman–Crippen LogP) is 1.87. The standard InChI is InChI=1S/C19H23NO6/c1-19(5-7-24-18(19)22)14(21)9-12-15-11(4-6-20(12)2)8-13-16(17(15)23-3)26-10-25-13/h8,12H,4-7,9-10H2,1-3H3/t12-,19-/m0/s1. The molecule has 0 amide bonds. The van der Waals surface area contributed by atoms with Crippen molar-refractivity contribution in [3.8, 4) is 17.2 Å². The number of hydrogen-bond acceptors (Lipinski definition) is 7. The molecule has 26 heavy (non-hydrogen) atoms. The summed E-state index contributed by atoms with van der Waals surface area (Å²) < 4.78 is 21.8. The van der Waals surface area contributed by atoms with Crippen LogP contribution in [0.15, 0.2) is 6.07 Å². The van der Waals surface area contributed by atoms with Gasteiger partial charge in [-0.15, -0.1) is 0 Å². The Morgan fingerprint density at radius 1 is 1.38 bits per heavy atom. The van der Waals surface area contributed by atoms with Crippen LogP contribution in [0.4, 0.5) is 0 Å². The van der Waals surface area contributed by atoms with Gasteiger partial charge in [0, 0.05) is 31.0 Å². The average Bonchev–Trinajstić information content (AvgIpc) is 3.22.